The first-order valence-electron chi connectivity index (χ1n) is 11.8. The molecule has 3 aromatic rings. The number of fused-ring (bicyclic) bond motifs is 1. The number of ether oxygens (including phenoxy) is 1. The van der Waals surface area contributed by atoms with Gasteiger partial charge in [-0.15, -0.1) is 0 Å². The van der Waals surface area contributed by atoms with Gasteiger partial charge in [-0.3, -0.25) is 4.68 Å². The first-order chi connectivity index (χ1) is 14.9. The van der Waals surface area contributed by atoms with Gasteiger partial charge in [0.05, 0.1) is 17.8 Å². The van der Waals surface area contributed by atoms with E-state index in [1.54, 1.807) is 0 Å². The predicted octanol–water partition coefficient (Wildman–Crippen LogP) is 5.76. The zero-order valence-electron chi connectivity index (χ0n) is 17.9. The van der Waals surface area contributed by atoms with Crippen molar-refractivity contribution in [2.75, 3.05) is 19.6 Å². The molecule has 1 aromatic heterocycles. The van der Waals surface area contributed by atoms with E-state index in [-0.39, 0.29) is 0 Å². The van der Waals surface area contributed by atoms with Crippen molar-refractivity contribution >= 4 is 10.9 Å². The Morgan fingerprint density at radius 1 is 0.867 bits per heavy atom. The Hall–Kier alpha value is -2.33. The standard InChI is InChI=1S/C26H33N3O/c1-3-9-21(10-4-1)20-30-23-13-14-24-25(19-23)29(18-17-28-15-7-2-8-16-28)27-26(24)22-11-5-6-12-22/h1,3-4,9-10,13-14,19,22H,2,5-8,11-12,15-18,20H2. The molecule has 30 heavy (non-hydrogen) atoms. The summed E-state index contributed by atoms with van der Waals surface area (Å²) in [6, 6.07) is 17.0. The lowest BCUT2D eigenvalue weighted by atomic mass is 10.0. The molecule has 2 aliphatic rings. The molecule has 0 atom stereocenters. The van der Waals surface area contributed by atoms with Crippen molar-refractivity contribution in [3.8, 4) is 5.75 Å². The van der Waals surface area contributed by atoms with Crippen LogP contribution in [0.25, 0.3) is 10.9 Å². The van der Waals surface area contributed by atoms with E-state index in [2.05, 4.69) is 52.0 Å². The molecule has 158 valence electrons. The molecule has 2 aromatic carbocycles. The van der Waals surface area contributed by atoms with Crippen LogP contribution in [0.15, 0.2) is 48.5 Å². The van der Waals surface area contributed by atoms with Crippen LogP contribution < -0.4 is 4.74 Å². The van der Waals surface area contributed by atoms with E-state index >= 15 is 0 Å². The maximum absolute atomic E-state index is 6.13. The van der Waals surface area contributed by atoms with Crippen LogP contribution in [-0.4, -0.2) is 34.3 Å². The van der Waals surface area contributed by atoms with Gasteiger partial charge >= 0.3 is 0 Å². The minimum atomic E-state index is 0.601. The number of piperidine rings is 1. The van der Waals surface area contributed by atoms with Crippen molar-refractivity contribution in [2.24, 2.45) is 0 Å². The Labute approximate surface area is 179 Å². The Morgan fingerprint density at radius 2 is 1.67 bits per heavy atom. The van der Waals surface area contributed by atoms with Crippen LogP contribution in [0.1, 0.15) is 62.1 Å². The average Bonchev–Trinajstić information content (AvgIpc) is 3.45. The van der Waals surface area contributed by atoms with E-state index in [9.17, 15) is 0 Å². The van der Waals surface area contributed by atoms with Crippen LogP contribution in [0.3, 0.4) is 0 Å². The van der Waals surface area contributed by atoms with E-state index in [1.165, 1.54) is 80.2 Å². The van der Waals surface area contributed by atoms with Crippen LogP contribution >= 0.6 is 0 Å². The zero-order chi connectivity index (χ0) is 20.2. The van der Waals surface area contributed by atoms with Crippen LogP contribution in [0.5, 0.6) is 5.75 Å². The Balaban J connectivity index is 1.39. The molecule has 0 N–H and O–H groups in total. The molecule has 1 aliphatic carbocycles. The SMILES string of the molecule is c1ccc(COc2ccc3c(C4CCCC4)nn(CCN4CCCCC4)c3c2)cc1. The molecule has 0 spiro atoms. The molecular weight excluding hydrogens is 370 g/mol. The van der Waals surface area contributed by atoms with Gasteiger partial charge in [-0.2, -0.15) is 5.10 Å². The third kappa shape index (κ3) is 4.39. The molecule has 1 saturated carbocycles. The lowest BCUT2D eigenvalue weighted by molar-refractivity contribution is 0.218. The van der Waals surface area contributed by atoms with Crippen LogP contribution in [-0.2, 0) is 13.2 Å². The minimum absolute atomic E-state index is 0.601. The van der Waals surface area contributed by atoms with E-state index in [0.717, 1.165) is 18.8 Å². The number of benzene rings is 2. The molecular formula is C26H33N3O. The van der Waals surface area contributed by atoms with Gasteiger partial charge in [0.25, 0.3) is 0 Å². The molecule has 0 unspecified atom stereocenters. The van der Waals surface area contributed by atoms with E-state index < -0.39 is 0 Å². The topological polar surface area (TPSA) is 30.3 Å². The van der Waals surface area contributed by atoms with E-state index in [1.807, 2.05) is 6.07 Å². The molecule has 0 amide bonds. The fourth-order valence-electron chi connectivity index (χ4n) is 5.10. The van der Waals surface area contributed by atoms with Crippen LogP contribution in [0, 0.1) is 0 Å². The second-order valence-corrected chi connectivity index (χ2v) is 8.95. The number of aromatic nitrogens is 2. The minimum Gasteiger partial charge on any atom is -0.489 e. The van der Waals surface area contributed by atoms with Crippen molar-refractivity contribution < 1.29 is 4.74 Å². The quantitative estimate of drug-likeness (QED) is 0.502. The summed E-state index contributed by atoms with van der Waals surface area (Å²) in [5, 5.41) is 6.48. The lowest BCUT2D eigenvalue weighted by Crippen LogP contribution is -2.32. The highest BCUT2D eigenvalue weighted by Gasteiger charge is 2.24. The monoisotopic (exact) mass is 403 g/mol. The van der Waals surface area contributed by atoms with Gasteiger partial charge in [0.15, 0.2) is 0 Å². The number of likely N-dealkylation sites (tertiary alicyclic amines) is 1. The van der Waals surface area contributed by atoms with Gasteiger partial charge in [-0.25, -0.2) is 0 Å². The Kier molecular flexibility index (Phi) is 6.03. The Bertz CT molecular complexity index is 953. The van der Waals surface area contributed by atoms with Gasteiger partial charge in [-0.05, 0) is 56.5 Å². The van der Waals surface area contributed by atoms with Crippen LogP contribution in [0.2, 0.25) is 0 Å². The maximum atomic E-state index is 6.13. The van der Waals surface area contributed by atoms with Crippen LogP contribution in [0.4, 0.5) is 0 Å². The van der Waals surface area contributed by atoms with Crippen molar-refractivity contribution in [1.29, 1.82) is 0 Å². The summed E-state index contributed by atoms with van der Waals surface area (Å²) in [6.07, 6.45) is 9.30. The number of rotatable bonds is 7. The van der Waals surface area contributed by atoms with Crippen molar-refractivity contribution in [3.05, 3.63) is 59.8 Å². The Morgan fingerprint density at radius 3 is 2.47 bits per heavy atom. The predicted molar refractivity (Wildman–Crippen MR) is 122 cm³/mol. The molecule has 4 heteroatoms. The molecule has 2 heterocycles. The summed E-state index contributed by atoms with van der Waals surface area (Å²) < 4.78 is 8.39. The van der Waals surface area contributed by atoms with Crippen molar-refractivity contribution in [1.82, 2.24) is 14.7 Å². The molecule has 0 radical (unpaired) electrons. The molecule has 4 nitrogen and oxygen atoms in total. The fraction of sp³-hybridized carbons (Fsp3) is 0.500. The van der Waals surface area contributed by atoms with E-state index in [0.29, 0.717) is 12.5 Å². The second-order valence-electron chi connectivity index (χ2n) is 8.95. The second kappa shape index (κ2) is 9.22. The van der Waals surface area contributed by atoms with Gasteiger partial charge in [0.2, 0.25) is 0 Å². The maximum Gasteiger partial charge on any atom is 0.121 e. The molecule has 1 aliphatic heterocycles. The molecule has 0 bridgehead atoms. The van der Waals surface area contributed by atoms with Gasteiger partial charge in [0, 0.05) is 23.9 Å². The van der Waals surface area contributed by atoms with Gasteiger partial charge < -0.3 is 9.64 Å². The normalized spacial score (nSPS) is 18.3. The highest BCUT2D eigenvalue weighted by molar-refractivity contribution is 5.84. The van der Waals surface area contributed by atoms with Crippen molar-refractivity contribution in [2.45, 2.75) is 64.0 Å². The fourth-order valence-corrected chi connectivity index (χ4v) is 5.10. The third-order valence-electron chi connectivity index (χ3n) is 6.82. The summed E-state index contributed by atoms with van der Waals surface area (Å²) in [5.41, 5.74) is 3.75. The van der Waals surface area contributed by atoms with E-state index in [4.69, 9.17) is 9.84 Å². The van der Waals surface area contributed by atoms with Gasteiger partial charge in [-0.1, -0.05) is 49.6 Å². The molecule has 1 saturated heterocycles. The lowest BCUT2D eigenvalue weighted by Gasteiger charge is -2.26. The first-order valence-corrected chi connectivity index (χ1v) is 11.8. The van der Waals surface area contributed by atoms with Gasteiger partial charge in [0.1, 0.15) is 12.4 Å². The highest BCUT2D eigenvalue weighted by Crippen LogP contribution is 2.38. The summed E-state index contributed by atoms with van der Waals surface area (Å²) in [7, 11) is 0. The zero-order valence-corrected chi connectivity index (χ0v) is 17.9. The highest BCUT2D eigenvalue weighted by atomic mass is 16.5. The van der Waals surface area contributed by atoms with Crippen molar-refractivity contribution in [3.63, 3.8) is 0 Å². The molecule has 2 fully saturated rings. The number of hydrogen-bond acceptors (Lipinski definition) is 3. The smallest absolute Gasteiger partial charge is 0.121 e. The average molecular weight is 404 g/mol. The first kappa shape index (κ1) is 19.6. The molecule has 5 rings (SSSR count). The summed E-state index contributed by atoms with van der Waals surface area (Å²) in [5.74, 6) is 1.56. The third-order valence-corrected chi connectivity index (χ3v) is 6.82. The number of nitrogens with zero attached hydrogens (tertiary/aromatic N) is 3. The number of hydrogen-bond donors (Lipinski definition) is 0. The summed E-state index contributed by atoms with van der Waals surface area (Å²) in [6.45, 7) is 5.13. The summed E-state index contributed by atoms with van der Waals surface area (Å²) >= 11 is 0. The summed E-state index contributed by atoms with van der Waals surface area (Å²) in [4.78, 5) is 2.60. The largest absolute Gasteiger partial charge is 0.489 e.